The fourth-order valence-corrected chi connectivity index (χ4v) is 4.98. The number of hydrogen-bond acceptors (Lipinski definition) is 5. The molecule has 1 aliphatic carbocycles. The van der Waals surface area contributed by atoms with Gasteiger partial charge in [0.1, 0.15) is 12.2 Å². The first kappa shape index (κ1) is 19.6. The van der Waals surface area contributed by atoms with Crippen LogP contribution in [0.25, 0.3) is 0 Å². The number of hydrogen-bond donors (Lipinski definition) is 2. The normalized spacial score (nSPS) is 37.9. The molecule has 146 valence electrons. The molecule has 0 radical (unpaired) electrons. The van der Waals surface area contributed by atoms with E-state index in [0.717, 1.165) is 18.8 Å². The molecule has 0 aromatic rings. The van der Waals surface area contributed by atoms with E-state index < -0.39 is 11.9 Å². The molecule has 5 atom stereocenters. The van der Waals surface area contributed by atoms with Gasteiger partial charge in [-0.25, -0.2) is 0 Å². The van der Waals surface area contributed by atoms with Gasteiger partial charge in [0, 0.05) is 12.0 Å². The Labute approximate surface area is 152 Å². The third-order valence-corrected chi connectivity index (χ3v) is 6.23. The first-order valence-corrected chi connectivity index (χ1v) is 10.1. The molecule has 3 fully saturated rings. The van der Waals surface area contributed by atoms with E-state index >= 15 is 0 Å². The van der Waals surface area contributed by atoms with E-state index in [0.29, 0.717) is 6.61 Å². The van der Waals surface area contributed by atoms with Gasteiger partial charge in [-0.05, 0) is 46.5 Å². The highest BCUT2D eigenvalue weighted by molar-refractivity contribution is 4.99. The fraction of sp³-hybridized carbons (Fsp3) is 1.00. The van der Waals surface area contributed by atoms with Crippen LogP contribution in [0.1, 0.15) is 72.6 Å². The zero-order valence-corrected chi connectivity index (χ0v) is 16.4. The summed E-state index contributed by atoms with van der Waals surface area (Å²) in [7, 11) is 0. The Kier molecular flexibility index (Phi) is 5.81. The van der Waals surface area contributed by atoms with Crippen molar-refractivity contribution in [2.75, 3.05) is 6.61 Å². The van der Waals surface area contributed by atoms with Crippen molar-refractivity contribution in [1.29, 1.82) is 0 Å². The third-order valence-electron chi connectivity index (χ3n) is 6.23. The van der Waals surface area contributed by atoms with E-state index in [1.54, 1.807) is 0 Å². The summed E-state index contributed by atoms with van der Waals surface area (Å²) in [5, 5.41) is 11.0. The van der Waals surface area contributed by atoms with Crippen LogP contribution in [0.2, 0.25) is 0 Å². The van der Waals surface area contributed by atoms with Crippen LogP contribution in [-0.2, 0) is 14.2 Å². The zero-order chi connectivity index (χ0) is 18.2. The molecule has 0 aromatic heterocycles. The predicted octanol–water partition coefficient (Wildman–Crippen LogP) is 2.98. The van der Waals surface area contributed by atoms with Crippen molar-refractivity contribution in [2.45, 2.75) is 108 Å². The van der Waals surface area contributed by atoms with Crippen molar-refractivity contribution >= 4 is 0 Å². The van der Waals surface area contributed by atoms with Gasteiger partial charge in [0.2, 0.25) is 0 Å². The zero-order valence-electron chi connectivity index (χ0n) is 16.4. The Bertz CT molecular complexity index is 447. The molecule has 3 rings (SSSR count). The lowest BCUT2D eigenvalue weighted by molar-refractivity contribution is -0.170. The maximum absolute atomic E-state index is 11.0. The largest absolute Gasteiger partial charge is 0.388 e. The van der Waals surface area contributed by atoms with Crippen LogP contribution >= 0.6 is 0 Å². The van der Waals surface area contributed by atoms with Crippen LogP contribution in [0, 0.1) is 11.8 Å². The molecule has 2 aliphatic heterocycles. The second-order valence-electron chi connectivity index (χ2n) is 9.47. The molecule has 0 bridgehead atoms. The molecular weight excluding hydrogens is 318 g/mol. The number of ether oxygens (including phenoxy) is 3. The molecule has 25 heavy (non-hydrogen) atoms. The van der Waals surface area contributed by atoms with Crippen molar-refractivity contribution in [2.24, 2.45) is 17.6 Å². The minimum atomic E-state index is -0.703. The lowest BCUT2D eigenvalue weighted by atomic mass is 9.78. The van der Waals surface area contributed by atoms with Crippen LogP contribution in [0.4, 0.5) is 0 Å². The first-order valence-electron chi connectivity index (χ1n) is 10.1. The summed E-state index contributed by atoms with van der Waals surface area (Å²) < 4.78 is 17.8. The smallest absolute Gasteiger partial charge is 0.163 e. The van der Waals surface area contributed by atoms with Crippen LogP contribution in [0.15, 0.2) is 0 Å². The van der Waals surface area contributed by atoms with Crippen molar-refractivity contribution < 1.29 is 19.3 Å². The Hall–Kier alpha value is -0.200. The van der Waals surface area contributed by atoms with E-state index in [2.05, 4.69) is 13.8 Å². The highest BCUT2D eigenvalue weighted by Crippen LogP contribution is 2.41. The van der Waals surface area contributed by atoms with Gasteiger partial charge in [-0.3, -0.25) is 0 Å². The standard InChI is InChI=1S/C20H37NO4/c1-19(2)11-14(15(21)10-13-8-6-5-7-9-13)18(25-19)17(22)16-12-23-20(3,4)24-16/h13-18,22H,5-12,21H2,1-4H3/t14-,15?,16-,17-,18-/m1/s1. The molecule has 2 saturated heterocycles. The maximum Gasteiger partial charge on any atom is 0.163 e. The summed E-state index contributed by atoms with van der Waals surface area (Å²) in [6.07, 6.45) is 7.22. The van der Waals surface area contributed by atoms with E-state index in [9.17, 15) is 5.11 Å². The van der Waals surface area contributed by atoms with Gasteiger partial charge in [0.05, 0.1) is 18.3 Å². The first-order chi connectivity index (χ1) is 11.7. The summed E-state index contributed by atoms with van der Waals surface area (Å²) in [6.45, 7) is 8.35. The van der Waals surface area contributed by atoms with Crippen molar-refractivity contribution in [1.82, 2.24) is 0 Å². The molecule has 3 aliphatic rings. The number of aliphatic hydroxyl groups excluding tert-OH is 1. The molecule has 1 unspecified atom stereocenters. The summed E-state index contributed by atoms with van der Waals surface area (Å²) in [5.41, 5.74) is 6.39. The number of nitrogens with two attached hydrogens (primary N) is 1. The van der Waals surface area contributed by atoms with Gasteiger partial charge in [-0.2, -0.15) is 0 Å². The lowest BCUT2D eigenvalue weighted by Crippen LogP contribution is -2.47. The number of rotatable bonds is 5. The minimum Gasteiger partial charge on any atom is -0.388 e. The van der Waals surface area contributed by atoms with E-state index in [1.807, 2.05) is 13.8 Å². The highest BCUT2D eigenvalue weighted by atomic mass is 16.7. The van der Waals surface area contributed by atoms with Crippen LogP contribution in [0.5, 0.6) is 0 Å². The van der Waals surface area contributed by atoms with Gasteiger partial charge in [-0.15, -0.1) is 0 Å². The summed E-state index contributed by atoms with van der Waals surface area (Å²) in [4.78, 5) is 0. The molecule has 3 N–H and O–H groups in total. The summed E-state index contributed by atoms with van der Waals surface area (Å²) in [5.74, 6) is 0.258. The van der Waals surface area contributed by atoms with Gasteiger partial charge in [0.25, 0.3) is 0 Å². The molecule has 0 amide bonds. The van der Waals surface area contributed by atoms with Crippen molar-refractivity contribution in [3.8, 4) is 0 Å². The third kappa shape index (κ3) is 4.75. The van der Waals surface area contributed by atoms with Crippen molar-refractivity contribution in [3.05, 3.63) is 0 Å². The second kappa shape index (κ2) is 7.43. The second-order valence-corrected chi connectivity index (χ2v) is 9.47. The Morgan fingerprint density at radius 1 is 1.08 bits per heavy atom. The van der Waals surface area contributed by atoms with Crippen LogP contribution in [-0.4, -0.2) is 47.5 Å². The Morgan fingerprint density at radius 3 is 2.36 bits per heavy atom. The summed E-state index contributed by atoms with van der Waals surface area (Å²) in [6, 6.07) is 0.0693. The minimum absolute atomic E-state index is 0.0693. The maximum atomic E-state index is 11.0. The van der Waals surface area contributed by atoms with Crippen LogP contribution < -0.4 is 5.73 Å². The van der Waals surface area contributed by atoms with Gasteiger partial charge < -0.3 is 25.1 Å². The van der Waals surface area contributed by atoms with E-state index in [1.165, 1.54) is 32.1 Å². The van der Waals surface area contributed by atoms with Gasteiger partial charge in [0.15, 0.2) is 5.79 Å². The van der Waals surface area contributed by atoms with Gasteiger partial charge in [-0.1, -0.05) is 32.1 Å². The lowest BCUT2D eigenvalue weighted by Gasteiger charge is -2.33. The topological polar surface area (TPSA) is 73.9 Å². The highest BCUT2D eigenvalue weighted by Gasteiger charge is 2.50. The Balaban J connectivity index is 1.65. The number of aliphatic hydroxyl groups is 1. The van der Waals surface area contributed by atoms with Crippen molar-refractivity contribution in [3.63, 3.8) is 0 Å². The predicted molar refractivity (Wildman–Crippen MR) is 97.1 cm³/mol. The van der Waals surface area contributed by atoms with Crippen LogP contribution in [0.3, 0.4) is 0 Å². The molecule has 5 heteroatoms. The fourth-order valence-electron chi connectivity index (χ4n) is 4.98. The van der Waals surface area contributed by atoms with Gasteiger partial charge >= 0.3 is 0 Å². The molecule has 2 heterocycles. The molecule has 0 spiro atoms. The summed E-state index contributed by atoms with van der Waals surface area (Å²) >= 11 is 0. The van der Waals surface area contributed by atoms with E-state index in [-0.39, 0.29) is 29.8 Å². The van der Waals surface area contributed by atoms with E-state index in [4.69, 9.17) is 19.9 Å². The molecule has 1 saturated carbocycles. The molecule has 5 nitrogen and oxygen atoms in total. The molecule has 0 aromatic carbocycles. The average Bonchev–Trinajstić information content (AvgIpc) is 3.06. The average molecular weight is 356 g/mol. The monoisotopic (exact) mass is 355 g/mol. The quantitative estimate of drug-likeness (QED) is 0.793. The Morgan fingerprint density at radius 2 is 1.76 bits per heavy atom. The SMILES string of the molecule is CC1(C)C[C@H](C(N)CC2CCCCC2)[C@H]([C@H](O)[C@H]2COC(C)(C)O2)O1. The molecular formula is C20H37NO4.